The Kier molecular flexibility index (Phi) is 6.82. The lowest BCUT2D eigenvalue weighted by Gasteiger charge is -2.29. The van der Waals surface area contributed by atoms with Crippen LogP contribution in [0.4, 0.5) is 17.1 Å². The van der Waals surface area contributed by atoms with Gasteiger partial charge in [-0.2, -0.15) is 0 Å². The molecule has 0 bridgehead atoms. The van der Waals surface area contributed by atoms with E-state index in [2.05, 4.69) is 152 Å². The van der Waals surface area contributed by atoms with E-state index in [-0.39, 0.29) is 5.41 Å². The predicted octanol–water partition coefficient (Wildman–Crippen LogP) is 15.2. The van der Waals surface area contributed by atoms with E-state index in [1.54, 1.807) is 0 Å². The Labute approximate surface area is 332 Å². The molecule has 12 rings (SSSR count). The molecule has 0 radical (unpaired) electrons. The molecule has 4 nitrogen and oxygen atoms in total. The zero-order valence-electron chi connectivity index (χ0n) is 31.3. The minimum atomic E-state index is -0.107. The van der Waals surface area contributed by atoms with Gasteiger partial charge in [-0.15, -0.1) is 11.3 Å². The van der Waals surface area contributed by atoms with Crippen LogP contribution in [-0.2, 0) is 5.41 Å². The molecule has 0 N–H and O–H groups in total. The Bertz CT molecular complexity index is 3390. The minimum absolute atomic E-state index is 0.107. The summed E-state index contributed by atoms with van der Waals surface area (Å²) in [5.41, 5.74) is 15.0. The fraction of sp³-hybridized carbons (Fsp3) is 0.0577. The summed E-state index contributed by atoms with van der Waals surface area (Å²) in [6.45, 7) is 4.70. The van der Waals surface area contributed by atoms with Gasteiger partial charge in [0, 0.05) is 64.9 Å². The van der Waals surface area contributed by atoms with E-state index in [0.717, 1.165) is 55.5 Å². The van der Waals surface area contributed by atoms with E-state index >= 15 is 0 Å². The van der Waals surface area contributed by atoms with Crippen molar-refractivity contribution in [2.45, 2.75) is 19.3 Å². The zero-order chi connectivity index (χ0) is 37.8. The zero-order valence-corrected chi connectivity index (χ0v) is 32.1. The Morgan fingerprint density at radius 2 is 1.23 bits per heavy atom. The molecule has 11 aromatic rings. The van der Waals surface area contributed by atoms with Crippen LogP contribution >= 0.6 is 11.3 Å². The van der Waals surface area contributed by atoms with Gasteiger partial charge in [-0.1, -0.05) is 105 Å². The Balaban J connectivity index is 0.989. The molecule has 0 saturated carbocycles. The maximum Gasteiger partial charge on any atom is 0.227 e. The van der Waals surface area contributed by atoms with E-state index in [0.29, 0.717) is 11.5 Å². The average molecular weight is 751 g/mol. The highest BCUT2D eigenvalue weighted by Crippen LogP contribution is 2.54. The molecule has 0 spiro atoms. The van der Waals surface area contributed by atoms with Gasteiger partial charge >= 0.3 is 0 Å². The van der Waals surface area contributed by atoms with Crippen LogP contribution in [0.15, 0.2) is 179 Å². The number of aromatic nitrogens is 1. The third kappa shape index (κ3) is 4.89. The number of furan rings is 1. The van der Waals surface area contributed by atoms with Crippen molar-refractivity contribution in [1.29, 1.82) is 0 Å². The Morgan fingerprint density at radius 3 is 2.12 bits per heavy atom. The molecule has 270 valence electrons. The highest BCUT2D eigenvalue weighted by molar-refractivity contribution is 7.25. The molecule has 57 heavy (non-hydrogen) atoms. The van der Waals surface area contributed by atoms with Crippen LogP contribution in [0.1, 0.15) is 25.0 Å². The van der Waals surface area contributed by atoms with Crippen LogP contribution in [0.25, 0.3) is 86.9 Å². The van der Waals surface area contributed by atoms with Crippen LogP contribution in [0.5, 0.6) is 0 Å². The minimum Gasteiger partial charge on any atom is -0.456 e. The number of thiophene rings is 1. The average Bonchev–Trinajstić information content (AvgIpc) is 4.00. The third-order valence-corrected chi connectivity index (χ3v) is 13.1. The lowest BCUT2D eigenvalue weighted by atomic mass is 9.82. The van der Waals surface area contributed by atoms with Gasteiger partial charge in [0.25, 0.3) is 0 Å². The number of oxazole rings is 1. The highest BCUT2D eigenvalue weighted by Gasteiger charge is 2.37. The molecule has 5 heteroatoms. The lowest BCUT2D eigenvalue weighted by Crippen LogP contribution is -2.16. The molecule has 8 aromatic carbocycles. The molecule has 3 aromatic heterocycles. The Morgan fingerprint density at radius 1 is 0.491 bits per heavy atom. The summed E-state index contributed by atoms with van der Waals surface area (Å²) in [6, 6.07) is 60.9. The van der Waals surface area contributed by atoms with Crippen molar-refractivity contribution in [1.82, 2.24) is 4.98 Å². The van der Waals surface area contributed by atoms with Gasteiger partial charge in [0.1, 0.15) is 16.7 Å². The summed E-state index contributed by atoms with van der Waals surface area (Å²) in [5, 5.41) is 4.65. The number of hydrogen-bond donors (Lipinski definition) is 0. The van der Waals surface area contributed by atoms with Crippen molar-refractivity contribution < 1.29 is 8.83 Å². The van der Waals surface area contributed by atoms with Gasteiger partial charge < -0.3 is 13.7 Å². The van der Waals surface area contributed by atoms with Crippen molar-refractivity contribution in [2.24, 2.45) is 0 Å². The molecule has 3 heterocycles. The summed E-state index contributed by atoms with van der Waals surface area (Å²) in [5.74, 6) is 0.606. The summed E-state index contributed by atoms with van der Waals surface area (Å²) in [4.78, 5) is 7.28. The van der Waals surface area contributed by atoms with Crippen molar-refractivity contribution in [3.8, 4) is 33.7 Å². The Hall–Kier alpha value is -6.95. The summed E-state index contributed by atoms with van der Waals surface area (Å²) >= 11 is 1.85. The highest BCUT2D eigenvalue weighted by atomic mass is 32.1. The standard InChI is InChI=1S/C52H34N2O2S/c1-52(2)41-15-8-6-14-37(41)50-42(52)16-10-17-44(50)54(35-24-26-49-40(28-35)36-13-7-9-18-48(36)57-49)34-22-19-31(20-23-34)33-21-25-45-38(27-33)39-29-43-47(30-46(39)55-45)56-51(53-43)32-11-4-3-5-12-32/h3-30H,1-2H3. The van der Waals surface area contributed by atoms with Gasteiger partial charge in [0.15, 0.2) is 5.58 Å². The number of anilines is 3. The van der Waals surface area contributed by atoms with Crippen molar-refractivity contribution in [2.75, 3.05) is 4.90 Å². The number of fused-ring (bicyclic) bond motifs is 10. The van der Waals surface area contributed by atoms with Crippen LogP contribution < -0.4 is 4.90 Å². The van der Waals surface area contributed by atoms with Crippen LogP contribution in [0, 0.1) is 0 Å². The van der Waals surface area contributed by atoms with Crippen molar-refractivity contribution in [3.63, 3.8) is 0 Å². The molecule has 0 amide bonds. The summed E-state index contributed by atoms with van der Waals surface area (Å²) in [7, 11) is 0. The largest absolute Gasteiger partial charge is 0.456 e. The lowest BCUT2D eigenvalue weighted by molar-refractivity contribution is 0.617. The molecule has 0 aliphatic heterocycles. The molecule has 0 unspecified atom stereocenters. The van der Waals surface area contributed by atoms with Gasteiger partial charge in [-0.05, 0) is 101 Å². The number of hydrogen-bond acceptors (Lipinski definition) is 5. The first-order valence-corrected chi connectivity index (χ1v) is 20.2. The van der Waals surface area contributed by atoms with E-state index in [9.17, 15) is 0 Å². The second-order valence-electron chi connectivity index (χ2n) is 15.5. The molecule has 0 saturated heterocycles. The summed E-state index contributed by atoms with van der Waals surface area (Å²) in [6.07, 6.45) is 0. The van der Waals surface area contributed by atoms with Crippen molar-refractivity contribution in [3.05, 3.63) is 181 Å². The smallest absolute Gasteiger partial charge is 0.227 e. The topological polar surface area (TPSA) is 42.4 Å². The third-order valence-electron chi connectivity index (χ3n) is 11.9. The summed E-state index contributed by atoms with van der Waals surface area (Å²) < 4.78 is 15.1. The maximum atomic E-state index is 6.35. The van der Waals surface area contributed by atoms with Crippen LogP contribution in [0.3, 0.4) is 0 Å². The first-order valence-electron chi connectivity index (χ1n) is 19.4. The van der Waals surface area contributed by atoms with Crippen LogP contribution in [0.2, 0.25) is 0 Å². The van der Waals surface area contributed by atoms with Gasteiger partial charge in [-0.3, -0.25) is 0 Å². The van der Waals surface area contributed by atoms with E-state index < -0.39 is 0 Å². The molecular formula is C52H34N2O2S. The monoisotopic (exact) mass is 750 g/mol. The quantitative estimate of drug-likeness (QED) is 0.176. The number of benzene rings is 8. The SMILES string of the molecule is CC1(C)c2ccccc2-c2c(N(c3ccc(-c4ccc5oc6cc7oc(-c8ccccc8)nc7cc6c5c4)cc3)c3ccc4sc5ccccc5c4c3)cccc21. The van der Waals surface area contributed by atoms with E-state index in [1.807, 2.05) is 47.7 Å². The second kappa shape index (κ2) is 12.0. The predicted molar refractivity (Wildman–Crippen MR) is 237 cm³/mol. The van der Waals surface area contributed by atoms with E-state index in [4.69, 9.17) is 13.8 Å². The van der Waals surface area contributed by atoms with Crippen molar-refractivity contribution >= 4 is 81.6 Å². The molecule has 0 atom stereocenters. The van der Waals surface area contributed by atoms with Gasteiger partial charge in [-0.25, -0.2) is 4.98 Å². The first kappa shape index (κ1) is 32.3. The molecule has 0 fully saturated rings. The van der Waals surface area contributed by atoms with Gasteiger partial charge in [0.05, 0.1) is 5.69 Å². The number of rotatable bonds is 5. The van der Waals surface area contributed by atoms with Gasteiger partial charge in [0.2, 0.25) is 5.89 Å². The van der Waals surface area contributed by atoms with Crippen LogP contribution in [-0.4, -0.2) is 4.98 Å². The maximum absolute atomic E-state index is 6.35. The fourth-order valence-corrected chi connectivity index (χ4v) is 10.2. The fourth-order valence-electron chi connectivity index (χ4n) is 9.09. The molecular weight excluding hydrogens is 717 g/mol. The molecule has 1 aliphatic carbocycles. The number of nitrogens with zero attached hydrogens (tertiary/aromatic N) is 2. The van der Waals surface area contributed by atoms with E-state index in [1.165, 1.54) is 48.1 Å². The normalized spacial score (nSPS) is 13.2. The second-order valence-corrected chi connectivity index (χ2v) is 16.6. The first-order chi connectivity index (χ1) is 28.0. The molecule has 1 aliphatic rings.